The molecule has 0 aromatic carbocycles. The molecule has 1 N–H and O–H groups in total. The molecular formula is C36H60NO8+. The van der Waals surface area contributed by atoms with Gasteiger partial charge in [0.05, 0.1) is 40.8 Å². The standard InChI is InChI=1S/C36H59NO8/c1-6-8-10-12-13-14-15-16-17-18-19-20-21-23-25-27-34(39)45-32(30-43-33(38)26-24-22-11-9-7-2)31-44-36(35(40)41)42-29-28-37(3,4)5/h8,10,13-14,16-17,19-20,23,25,32,36H,6-7,9,11-12,15,18,21-22,24,26-31H2,1-5H3/p+1/b10-8-,14-13-,17-16-,20-19-,25-23-. The van der Waals surface area contributed by atoms with Gasteiger partial charge in [0.2, 0.25) is 0 Å². The summed E-state index contributed by atoms with van der Waals surface area (Å²) >= 11 is 0. The number of allylic oxidation sites excluding steroid dienone is 9. The molecule has 0 radical (unpaired) electrons. The van der Waals surface area contributed by atoms with E-state index in [1.54, 1.807) is 6.08 Å². The molecule has 0 amide bonds. The Balaban J connectivity index is 4.74. The molecule has 2 unspecified atom stereocenters. The van der Waals surface area contributed by atoms with Crippen molar-refractivity contribution in [3.05, 3.63) is 60.8 Å². The van der Waals surface area contributed by atoms with Crippen molar-refractivity contribution in [2.24, 2.45) is 0 Å². The number of unbranched alkanes of at least 4 members (excludes halogenated alkanes) is 4. The summed E-state index contributed by atoms with van der Waals surface area (Å²) in [5, 5.41) is 9.51. The minimum absolute atomic E-state index is 0.0256. The van der Waals surface area contributed by atoms with Gasteiger partial charge in [0.15, 0.2) is 6.10 Å². The van der Waals surface area contributed by atoms with Crippen LogP contribution in [0.3, 0.4) is 0 Å². The maximum Gasteiger partial charge on any atom is 0.361 e. The summed E-state index contributed by atoms with van der Waals surface area (Å²) in [7, 11) is 5.89. The summed E-state index contributed by atoms with van der Waals surface area (Å²) in [4.78, 5) is 36.4. The van der Waals surface area contributed by atoms with Gasteiger partial charge in [0.25, 0.3) is 6.29 Å². The van der Waals surface area contributed by atoms with Gasteiger partial charge in [-0.05, 0) is 38.5 Å². The molecule has 0 fully saturated rings. The van der Waals surface area contributed by atoms with Crippen LogP contribution in [0.5, 0.6) is 0 Å². The number of rotatable bonds is 28. The molecule has 2 atom stereocenters. The molecular weight excluding hydrogens is 574 g/mol. The Morgan fingerprint density at radius 2 is 1.24 bits per heavy atom. The smallest absolute Gasteiger partial charge is 0.361 e. The molecule has 0 bridgehead atoms. The molecule has 0 aliphatic rings. The van der Waals surface area contributed by atoms with Crippen molar-refractivity contribution in [2.45, 2.75) is 103 Å². The number of carbonyl (C=O) groups is 3. The summed E-state index contributed by atoms with van der Waals surface area (Å²) in [5.41, 5.74) is 0. The maximum absolute atomic E-state index is 12.5. The lowest BCUT2D eigenvalue weighted by molar-refractivity contribution is -0.870. The molecule has 0 spiro atoms. The topological polar surface area (TPSA) is 108 Å². The van der Waals surface area contributed by atoms with Gasteiger partial charge in [-0.1, -0.05) is 100 Å². The van der Waals surface area contributed by atoms with Crippen LogP contribution in [-0.4, -0.2) is 87.4 Å². The second-order valence-corrected chi connectivity index (χ2v) is 11.8. The van der Waals surface area contributed by atoms with Crippen molar-refractivity contribution in [3.8, 4) is 0 Å². The van der Waals surface area contributed by atoms with E-state index in [-0.39, 0.29) is 38.6 Å². The minimum Gasteiger partial charge on any atom is -0.477 e. The van der Waals surface area contributed by atoms with Crippen LogP contribution in [0, 0.1) is 0 Å². The van der Waals surface area contributed by atoms with Crippen molar-refractivity contribution in [1.82, 2.24) is 0 Å². The Hall–Kier alpha value is -3.01. The van der Waals surface area contributed by atoms with Gasteiger partial charge in [0.1, 0.15) is 13.2 Å². The number of carboxylic acid groups (broad SMARTS) is 1. The van der Waals surface area contributed by atoms with E-state index in [1.165, 1.54) is 0 Å². The third kappa shape index (κ3) is 29.5. The lowest BCUT2D eigenvalue weighted by Gasteiger charge is -2.25. The van der Waals surface area contributed by atoms with Gasteiger partial charge in [-0.15, -0.1) is 0 Å². The maximum atomic E-state index is 12.5. The van der Waals surface area contributed by atoms with E-state index in [1.807, 2.05) is 33.3 Å². The third-order valence-electron chi connectivity index (χ3n) is 6.32. The normalized spacial score (nSPS) is 13.9. The number of esters is 2. The SMILES string of the molecule is CC/C=C\C/C=C\C/C=C\C/C=C\C/C=C\CC(=O)OC(COC(=O)CCCCCCC)COC(OCC[N+](C)(C)C)C(=O)O. The lowest BCUT2D eigenvalue weighted by Crippen LogP contribution is -2.40. The predicted molar refractivity (Wildman–Crippen MR) is 180 cm³/mol. The van der Waals surface area contributed by atoms with Crippen molar-refractivity contribution in [2.75, 3.05) is 47.5 Å². The molecule has 0 aromatic heterocycles. The summed E-state index contributed by atoms with van der Waals surface area (Å²) in [6.45, 7) is 4.49. The zero-order valence-corrected chi connectivity index (χ0v) is 28.5. The highest BCUT2D eigenvalue weighted by Crippen LogP contribution is 2.08. The van der Waals surface area contributed by atoms with E-state index in [0.717, 1.165) is 57.8 Å². The fraction of sp³-hybridized carbons (Fsp3) is 0.639. The Morgan fingerprint density at radius 3 is 1.78 bits per heavy atom. The van der Waals surface area contributed by atoms with Crippen LogP contribution in [0.2, 0.25) is 0 Å². The van der Waals surface area contributed by atoms with E-state index >= 15 is 0 Å². The Kier molecular flexibility index (Phi) is 26.6. The fourth-order valence-electron chi connectivity index (χ4n) is 3.73. The van der Waals surface area contributed by atoms with Gasteiger partial charge >= 0.3 is 17.9 Å². The number of carboxylic acids is 1. The average molecular weight is 635 g/mol. The number of nitrogens with zero attached hydrogens (tertiary/aromatic N) is 1. The third-order valence-corrected chi connectivity index (χ3v) is 6.32. The quantitative estimate of drug-likeness (QED) is 0.0319. The van der Waals surface area contributed by atoms with Crippen LogP contribution < -0.4 is 0 Å². The van der Waals surface area contributed by atoms with E-state index in [2.05, 4.69) is 56.4 Å². The van der Waals surface area contributed by atoms with E-state index < -0.39 is 24.3 Å². The molecule has 0 saturated carbocycles. The summed E-state index contributed by atoms with van der Waals surface area (Å²) in [6, 6.07) is 0. The van der Waals surface area contributed by atoms with Gasteiger partial charge < -0.3 is 28.5 Å². The van der Waals surface area contributed by atoms with Gasteiger partial charge in [-0.25, -0.2) is 4.79 Å². The predicted octanol–water partition coefficient (Wildman–Crippen LogP) is 7.09. The highest BCUT2D eigenvalue weighted by Gasteiger charge is 2.24. The van der Waals surface area contributed by atoms with Crippen LogP contribution in [0.25, 0.3) is 0 Å². The molecule has 9 nitrogen and oxygen atoms in total. The van der Waals surface area contributed by atoms with Crippen LogP contribution in [0.1, 0.15) is 90.9 Å². The fourth-order valence-corrected chi connectivity index (χ4v) is 3.73. The molecule has 9 heteroatoms. The monoisotopic (exact) mass is 634 g/mol. The zero-order valence-electron chi connectivity index (χ0n) is 28.5. The van der Waals surface area contributed by atoms with Crippen molar-refractivity contribution in [1.29, 1.82) is 0 Å². The van der Waals surface area contributed by atoms with Crippen LogP contribution in [0.4, 0.5) is 0 Å². The molecule has 45 heavy (non-hydrogen) atoms. The Morgan fingerprint density at radius 1 is 0.689 bits per heavy atom. The van der Waals surface area contributed by atoms with Crippen molar-refractivity contribution < 1.29 is 42.9 Å². The largest absolute Gasteiger partial charge is 0.477 e. The average Bonchev–Trinajstić information content (AvgIpc) is 2.98. The first kappa shape index (κ1) is 42.0. The highest BCUT2D eigenvalue weighted by molar-refractivity contribution is 5.72. The highest BCUT2D eigenvalue weighted by atomic mass is 16.7. The first-order valence-electron chi connectivity index (χ1n) is 16.5. The van der Waals surface area contributed by atoms with Gasteiger partial charge in [-0.2, -0.15) is 0 Å². The summed E-state index contributed by atoms with van der Waals surface area (Å²) in [6.07, 6.45) is 27.9. The van der Waals surface area contributed by atoms with Crippen LogP contribution >= 0.6 is 0 Å². The molecule has 256 valence electrons. The van der Waals surface area contributed by atoms with Gasteiger partial charge in [-0.3, -0.25) is 9.59 Å². The number of hydrogen-bond donors (Lipinski definition) is 1. The molecule has 0 aromatic rings. The van der Waals surface area contributed by atoms with E-state index in [9.17, 15) is 19.5 Å². The molecule has 0 heterocycles. The van der Waals surface area contributed by atoms with Crippen molar-refractivity contribution >= 4 is 17.9 Å². The molecule has 0 aliphatic heterocycles. The Labute approximate surface area is 272 Å². The first-order chi connectivity index (χ1) is 21.6. The molecule has 0 aliphatic carbocycles. The lowest BCUT2D eigenvalue weighted by atomic mass is 10.1. The number of quaternary nitrogens is 1. The van der Waals surface area contributed by atoms with Crippen molar-refractivity contribution in [3.63, 3.8) is 0 Å². The second kappa shape index (κ2) is 28.5. The number of aliphatic carboxylic acids is 1. The van der Waals surface area contributed by atoms with Crippen LogP contribution in [-0.2, 0) is 33.3 Å². The number of likely N-dealkylation sites (N-methyl/N-ethyl adjacent to an activating group) is 1. The summed E-state index contributed by atoms with van der Waals surface area (Å²) in [5.74, 6) is -2.21. The van der Waals surface area contributed by atoms with Gasteiger partial charge in [0, 0.05) is 6.42 Å². The number of ether oxygens (including phenoxy) is 4. The zero-order chi connectivity index (χ0) is 33.6. The summed E-state index contributed by atoms with van der Waals surface area (Å²) < 4.78 is 22.2. The van der Waals surface area contributed by atoms with E-state index in [0.29, 0.717) is 17.4 Å². The minimum atomic E-state index is -1.53. The molecule has 0 rings (SSSR count). The number of carbonyl (C=O) groups excluding carboxylic acids is 2. The number of hydrogen-bond acceptors (Lipinski definition) is 7. The van der Waals surface area contributed by atoms with E-state index in [4.69, 9.17) is 18.9 Å². The first-order valence-corrected chi connectivity index (χ1v) is 16.5. The second-order valence-electron chi connectivity index (χ2n) is 11.8. The Bertz CT molecular complexity index is 930. The van der Waals surface area contributed by atoms with Crippen LogP contribution in [0.15, 0.2) is 60.8 Å². The molecule has 0 saturated heterocycles.